The van der Waals surface area contributed by atoms with E-state index in [0.29, 0.717) is 41.9 Å². The lowest BCUT2D eigenvalue weighted by molar-refractivity contribution is 0.157. The minimum atomic E-state index is -3.15. The van der Waals surface area contributed by atoms with Crippen LogP contribution in [-0.2, 0) is 10.0 Å². The van der Waals surface area contributed by atoms with Crippen molar-refractivity contribution in [3.63, 3.8) is 0 Å². The van der Waals surface area contributed by atoms with Crippen molar-refractivity contribution in [3.8, 4) is 0 Å². The Morgan fingerprint density at radius 2 is 1.63 bits per heavy atom. The Balaban J connectivity index is 1.46. The highest BCUT2D eigenvalue weighted by atomic mass is 35.5. The summed E-state index contributed by atoms with van der Waals surface area (Å²) in [4.78, 5) is 14.5. The molecule has 2 amide bonds. The number of sulfonamides is 1. The summed E-state index contributed by atoms with van der Waals surface area (Å²) < 4.78 is 25.6. The molecule has 3 rings (SSSR count). The van der Waals surface area contributed by atoms with Gasteiger partial charge in [-0.3, -0.25) is 0 Å². The highest BCUT2D eigenvalue weighted by molar-refractivity contribution is 7.89. The highest BCUT2D eigenvalue weighted by Crippen LogP contribution is 2.35. The van der Waals surface area contributed by atoms with Gasteiger partial charge < -0.3 is 10.2 Å². The van der Waals surface area contributed by atoms with E-state index in [4.69, 9.17) is 23.2 Å². The molecule has 0 aromatic heterocycles. The summed E-state index contributed by atoms with van der Waals surface area (Å²) in [7, 11) is -1.34. The van der Waals surface area contributed by atoms with E-state index in [1.165, 1.54) is 5.56 Å². The number of amides is 2. The zero-order chi connectivity index (χ0) is 21.9. The molecule has 2 fully saturated rings. The summed E-state index contributed by atoms with van der Waals surface area (Å²) in [5, 5.41) is 4.49. The zero-order valence-electron chi connectivity index (χ0n) is 17.6. The molecule has 1 heterocycles. The van der Waals surface area contributed by atoms with Crippen molar-refractivity contribution in [2.24, 2.45) is 0 Å². The monoisotopic (exact) mass is 475 g/mol. The van der Waals surface area contributed by atoms with E-state index < -0.39 is 10.0 Å². The maximum absolute atomic E-state index is 12.7. The van der Waals surface area contributed by atoms with Crippen molar-refractivity contribution >= 4 is 39.3 Å². The largest absolute Gasteiger partial charge is 0.335 e. The van der Waals surface area contributed by atoms with Gasteiger partial charge in [-0.25, -0.2) is 17.5 Å². The lowest BCUT2D eigenvalue weighted by Gasteiger charge is -2.37. The van der Waals surface area contributed by atoms with E-state index in [-0.39, 0.29) is 23.9 Å². The van der Waals surface area contributed by atoms with E-state index in [1.54, 1.807) is 22.2 Å². The molecule has 0 unspecified atom stereocenters. The van der Waals surface area contributed by atoms with Crippen LogP contribution in [-0.4, -0.2) is 61.6 Å². The van der Waals surface area contributed by atoms with Crippen LogP contribution in [0.5, 0.6) is 0 Å². The Hall–Kier alpha value is -1.02. The van der Waals surface area contributed by atoms with Crippen molar-refractivity contribution in [1.29, 1.82) is 0 Å². The van der Waals surface area contributed by atoms with Crippen molar-refractivity contribution in [3.05, 3.63) is 33.8 Å². The third-order valence-corrected chi connectivity index (χ3v) is 8.78. The second-order valence-corrected chi connectivity index (χ2v) is 11.5. The summed E-state index contributed by atoms with van der Waals surface area (Å²) in [6.07, 6.45) is 5.15. The molecular weight excluding hydrogens is 445 g/mol. The lowest BCUT2D eigenvalue weighted by atomic mass is 9.82. The molecule has 1 aromatic rings. The molecule has 2 aliphatic rings. The van der Waals surface area contributed by atoms with Crippen LogP contribution in [0.25, 0.3) is 0 Å². The van der Waals surface area contributed by atoms with E-state index >= 15 is 0 Å². The molecule has 168 valence electrons. The summed E-state index contributed by atoms with van der Waals surface area (Å²) in [5.74, 6) is 0.537. The number of nitrogens with one attached hydrogen (secondary N) is 1. The Kier molecular flexibility index (Phi) is 7.93. The Labute approximate surface area is 189 Å². The molecule has 9 heteroatoms. The topological polar surface area (TPSA) is 69.7 Å². The summed E-state index contributed by atoms with van der Waals surface area (Å²) in [6.45, 7) is 2.62. The number of rotatable bonds is 5. The Morgan fingerprint density at radius 1 is 1.07 bits per heavy atom. The number of hydrogen-bond donors (Lipinski definition) is 1. The minimum absolute atomic E-state index is 0.0678. The van der Waals surface area contributed by atoms with Crippen LogP contribution in [0.2, 0.25) is 10.0 Å². The number of carbonyl (C=O) groups is 1. The van der Waals surface area contributed by atoms with Crippen LogP contribution in [0, 0.1) is 0 Å². The van der Waals surface area contributed by atoms with Gasteiger partial charge in [-0.05, 0) is 75.1 Å². The Bertz CT molecular complexity index is 829. The van der Waals surface area contributed by atoms with Crippen LogP contribution in [0.4, 0.5) is 4.79 Å². The molecule has 0 radical (unpaired) electrons. The molecule has 0 spiro atoms. The average Bonchev–Trinajstić information content (AvgIpc) is 2.73. The molecule has 1 saturated heterocycles. The van der Waals surface area contributed by atoms with Gasteiger partial charge >= 0.3 is 6.03 Å². The normalized spacial score (nSPS) is 23.9. The molecule has 1 saturated carbocycles. The van der Waals surface area contributed by atoms with Crippen LogP contribution in [0.3, 0.4) is 0 Å². The van der Waals surface area contributed by atoms with E-state index in [0.717, 1.165) is 25.7 Å². The summed E-state index contributed by atoms with van der Waals surface area (Å²) >= 11 is 12.3. The molecule has 1 N–H and O–H groups in total. The number of nitrogens with zero attached hydrogens (tertiary/aromatic N) is 2. The standard InChI is InChI=1S/C21H31Cl2N3O3S/c1-3-30(28,29)26-10-8-20(9-11-26)25(2)21(27)24-19-6-4-15(5-7-19)16-12-17(22)14-18(23)13-16/h12-15,19-20H,3-11H2,1-2H3,(H,24,27)/t15-,19-. The molecule has 6 nitrogen and oxygen atoms in total. The van der Waals surface area contributed by atoms with Crippen molar-refractivity contribution in [2.45, 2.75) is 63.5 Å². The van der Waals surface area contributed by atoms with Gasteiger partial charge in [0.1, 0.15) is 0 Å². The number of halogens is 2. The summed E-state index contributed by atoms with van der Waals surface area (Å²) in [6, 6.07) is 5.87. The lowest BCUT2D eigenvalue weighted by Crippen LogP contribution is -2.52. The number of carbonyl (C=O) groups excluding carboxylic acids is 1. The second kappa shape index (κ2) is 10.1. The smallest absolute Gasteiger partial charge is 0.317 e. The predicted molar refractivity (Wildman–Crippen MR) is 122 cm³/mol. The fourth-order valence-electron chi connectivity index (χ4n) is 4.51. The molecule has 1 aliphatic carbocycles. The molecular formula is C21H31Cl2N3O3S. The predicted octanol–water partition coefficient (Wildman–Crippen LogP) is 4.48. The van der Waals surface area contributed by atoms with Crippen LogP contribution >= 0.6 is 23.2 Å². The first-order chi connectivity index (χ1) is 14.2. The van der Waals surface area contributed by atoms with Crippen molar-refractivity contribution in [1.82, 2.24) is 14.5 Å². The average molecular weight is 476 g/mol. The van der Waals surface area contributed by atoms with Gasteiger partial charge in [0.2, 0.25) is 10.0 Å². The van der Waals surface area contributed by atoms with Gasteiger partial charge in [-0.15, -0.1) is 0 Å². The van der Waals surface area contributed by atoms with Gasteiger partial charge in [0, 0.05) is 42.3 Å². The van der Waals surface area contributed by atoms with E-state index in [9.17, 15) is 13.2 Å². The molecule has 0 atom stereocenters. The maximum atomic E-state index is 12.7. The van der Waals surface area contributed by atoms with Gasteiger partial charge in [0.25, 0.3) is 0 Å². The zero-order valence-corrected chi connectivity index (χ0v) is 19.9. The molecule has 30 heavy (non-hydrogen) atoms. The van der Waals surface area contributed by atoms with Crippen molar-refractivity contribution < 1.29 is 13.2 Å². The number of urea groups is 1. The van der Waals surface area contributed by atoms with Gasteiger partial charge in [0.05, 0.1) is 5.75 Å². The fourth-order valence-corrected chi connectivity index (χ4v) is 6.19. The molecule has 1 aromatic carbocycles. The third-order valence-electron chi connectivity index (χ3n) is 6.46. The minimum Gasteiger partial charge on any atom is -0.335 e. The van der Waals surface area contributed by atoms with E-state index in [2.05, 4.69) is 5.32 Å². The second-order valence-electron chi connectivity index (χ2n) is 8.34. The van der Waals surface area contributed by atoms with Gasteiger partial charge in [-0.2, -0.15) is 0 Å². The first-order valence-corrected chi connectivity index (χ1v) is 13.0. The van der Waals surface area contributed by atoms with Crippen LogP contribution in [0.15, 0.2) is 18.2 Å². The SMILES string of the molecule is CCS(=O)(=O)N1CCC(N(C)C(=O)N[C@H]2CC[C@H](c3cc(Cl)cc(Cl)c3)CC2)CC1. The van der Waals surface area contributed by atoms with E-state index in [1.807, 2.05) is 19.2 Å². The Morgan fingerprint density at radius 3 is 2.17 bits per heavy atom. The first kappa shape index (κ1) is 23.6. The number of benzene rings is 1. The van der Waals surface area contributed by atoms with Gasteiger partial charge in [-0.1, -0.05) is 23.2 Å². The maximum Gasteiger partial charge on any atom is 0.317 e. The van der Waals surface area contributed by atoms with Crippen molar-refractivity contribution in [2.75, 3.05) is 25.9 Å². The third kappa shape index (κ3) is 5.81. The van der Waals surface area contributed by atoms with Gasteiger partial charge in [0.15, 0.2) is 0 Å². The van der Waals surface area contributed by atoms with Crippen LogP contribution in [0.1, 0.15) is 56.9 Å². The number of piperidine rings is 1. The number of hydrogen-bond acceptors (Lipinski definition) is 3. The first-order valence-electron chi connectivity index (χ1n) is 10.7. The molecule has 0 bridgehead atoms. The quantitative estimate of drug-likeness (QED) is 0.682. The highest BCUT2D eigenvalue weighted by Gasteiger charge is 2.31. The summed E-state index contributed by atoms with van der Waals surface area (Å²) in [5.41, 5.74) is 1.17. The van der Waals surface area contributed by atoms with Crippen LogP contribution < -0.4 is 5.32 Å². The molecule has 1 aliphatic heterocycles. The fraction of sp³-hybridized carbons (Fsp3) is 0.667.